The maximum absolute atomic E-state index is 3.90. The first-order valence-corrected chi connectivity index (χ1v) is 8.45. The van der Waals surface area contributed by atoms with Crippen molar-refractivity contribution in [2.24, 2.45) is 17.3 Å². The number of nitrogens with one attached hydrogen (secondary N) is 2. The molecule has 2 nitrogen and oxygen atoms in total. The van der Waals surface area contributed by atoms with Crippen LogP contribution in [0.2, 0.25) is 0 Å². The second-order valence-corrected chi connectivity index (χ2v) is 7.93. The summed E-state index contributed by atoms with van der Waals surface area (Å²) >= 11 is 0. The molecule has 2 N–H and O–H groups in total. The van der Waals surface area contributed by atoms with Crippen molar-refractivity contribution < 1.29 is 0 Å². The normalized spacial score (nSPS) is 34.4. The highest BCUT2D eigenvalue weighted by atomic mass is 15.0. The molecular formula is C17H34N2. The smallest absolute Gasteiger partial charge is 0.0110 e. The first kappa shape index (κ1) is 15.3. The summed E-state index contributed by atoms with van der Waals surface area (Å²) in [5.41, 5.74) is 0.421. The molecule has 2 rings (SSSR count). The third-order valence-corrected chi connectivity index (χ3v) is 5.60. The zero-order valence-corrected chi connectivity index (χ0v) is 13.5. The summed E-state index contributed by atoms with van der Waals surface area (Å²) in [6, 6.07) is 1.55. The predicted molar refractivity (Wildman–Crippen MR) is 83.4 cm³/mol. The summed E-state index contributed by atoms with van der Waals surface area (Å²) < 4.78 is 0. The van der Waals surface area contributed by atoms with Gasteiger partial charge in [0, 0.05) is 12.1 Å². The van der Waals surface area contributed by atoms with E-state index < -0.39 is 0 Å². The standard InChI is InChI=1S/C17H34N2/c1-13(17(2,3)4)12-19-16-10-7-8-14(16)15-9-5-6-11-18-15/h13-16,18-19H,5-12H2,1-4H3. The average molecular weight is 266 g/mol. The van der Waals surface area contributed by atoms with Crippen LogP contribution >= 0.6 is 0 Å². The Morgan fingerprint density at radius 3 is 2.53 bits per heavy atom. The van der Waals surface area contributed by atoms with Crippen molar-refractivity contribution in [2.45, 2.75) is 78.3 Å². The van der Waals surface area contributed by atoms with Gasteiger partial charge in [0.05, 0.1) is 0 Å². The van der Waals surface area contributed by atoms with Gasteiger partial charge in [-0.2, -0.15) is 0 Å². The summed E-state index contributed by atoms with van der Waals surface area (Å²) in [7, 11) is 0. The van der Waals surface area contributed by atoms with E-state index in [1.54, 1.807) is 0 Å². The summed E-state index contributed by atoms with van der Waals surface area (Å²) in [6.07, 6.45) is 8.45. The van der Waals surface area contributed by atoms with Crippen LogP contribution < -0.4 is 10.6 Å². The number of hydrogen-bond acceptors (Lipinski definition) is 2. The zero-order chi connectivity index (χ0) is 13.9. The van der Waals surface area contributed by atoms with Gasteiger partial charge in [0.25, 0.3) is 0 Å². The van der Waals surface area contributed by atoms with Crippen LogP contribution in [-0.2, 0) is 0 Å². The number of rotatable bonds is 4. The summed E-state index contributed by atoms with van der Waals surface area (Å²) in [5, 5.41) is 7.66. The highest BCUT2D eigenvalue weighted by Crippen LogP contribution is 2.32. The molecule has 0 amide bonds. The summed E-state index contributed by atoms with van der Waals surface area (Å²) in [5.74, 6) is 1.63. The Kier molecular flexibility index (Phi) is 5.30. The van der Waals surface area contributed by atoms with E-state index in [2.05, 4.69) is 38.3 Å². The van der Waals surface area contributed by atoms with Gasteiger partial charge in [-0.1, -0.05) is 40.5 Å². The molecule has 2 aliphatic rings. The van der Waals surface area contributed by atoms with E-state index in [-0.39, 0.29) is 0 Å². The van der Waals surface area contributed by atoms with Gasteiger partial charge in [0.1, 0.15) is 0 Å². The average Bonchev–Trinajstić information content (AvgIpc) is 2.84. The predicted octanol–water partition coefficient (Wildman–Crippen LogP) is 3.57. The van der Waals surface area contributed by atoms with Gasteiger partial charge in [-0.05, 0) is 56.0 Å². The first-order chi connectivity index (χ1) is 8.98. The van der Waals surface area contributed by atoms with E-state index >= 15 is 0 Å². The van der Waals surface area contributed by atoms with Gasteiger partial charge in [0.15, 0.2) is 0 Å². The molecule has 0 aromatic rings. The minimum absolute atomic E-state index is 0.421. The molecule has 0 bridgehead atoms. The van der Waals surface area contributed by atoms with E-state index in [9.17, 15) is 0 Å². The van der Waals surface area contributed by atoms with E-state index in [0.29, 0.717) is 5.41 Å². The zero-order valence-electron chi connectivity index (χ0n) is 13.5. The third kappa shape index (κ3) is 4.19. The molecule has 0 aromatic carbocycles. The van der Waals surface area contributed by atoms with Gasteiger partial charge in [-0.15, -0.1) is 0 Å². The lowest BCUT2D eigenvalue weighted by Gasteiger charge is -2.35. The van der Waals surface area contributed by atoms with E-state index in [1.165, 1.54) is 51.6 Å². The molecule has 1 saturated carbocycles. The Balaban J connectivity index is 1.81. The van der Waals surface area contributed by atoms with E-state index in [1.807, 2.05) is 0 Å². The molecule has 2 heteroatoms. The maximum atomic E-state index is 3.90. The minimum Gasteiger partial charge on any atom is -0.314 e. The van der Waals surface area contributed by atoms with Crippen molar-refractivity contribution in [1.82, 2.24) is 10.6 Å². The lowest BCUT2D eigenvalue weighted by molar-refractivity contribution is 0.216. The van der Waals surface area contributed by atoms with Crippen LogP contribution in [0.25, 0.3) is 0 Å². The fourth-order valence-corrected chi connectivity index (χ4v) is 3.60. The molecule has 0 radical (unpaired) electrons. The molecule has 0 spiro atoms. The molecule has 4 unspecified atom stereocenters. The van der Waals surface area contributed by atoms with Crippen molar-refractivity contribution in [3.63, 3.8) is 0 Å². The molecular weight excluding hydrogens is 232 g/mol. The van der Waals surface area contributed by atoms with Gasteiger partial charge in [-0.25, -0.2) is 0 Å². The topological polar surface area (TPSA) is 24.1 Å². The second-order valence-electron chi connectivity index (χ2n) is 7.93. The monoisotopic (exact) mass is 266 g/mol. The van der Waals surface area contributed by atoms with Crippen LogP contribution in [0.15, 0.2) is 0 Å². The van der Waals surface area contributed by atoms with Crippen LogP contribution in [0.1, 0.15) is 66.2 Å². The van der Waals surface area contributed by atoms with Crippen molar-refractivity contribution >= 4 is 0 Å². The lowest BCUT2D eigenvalue weighted by Crippen LogP contribution is -2.48. The van der Waals surface area contributed by atoms with Gasteiger partial charge in [-0.3, -0.25) is 0 Å². The maximum Gasteiger partial charge on any atom is 0.0110 e. The number of hydrogen-bond donors (Lipinski definition) is 2. The van der Waals surface area contributed by atoms with Crippen LogP contribution in [0.4, 0.5) is 0 Å². The molecule has 112 valence electrons. The van der Waals surface area contributed by atoms with Crippen LogP contribution in [0.3, 0.4) is 0 Å². The Morgan fingerprint density at radius 2 is 1.89 bits per heavy atom. The van der Waals surface area contributed by atoms with Gasteiger partial charge in [0.2, 0.25) is 0 Å². The van der Waals surface area contributed by atoms with Crippen LogP contribution in [-0.4, -0.2) is 25.2 Å². The van der Waals surface area contributed by atoms with Crippen molar-refractivity contribution in [2.75, 3.05) is 13.1 Å². The molecule has 4 atom stereocenters. The molecule has 1 aliphatic heterocycles. The van der Waals surface area contributed by atoms with E-state index in [0.717, 1.165) is 23.9 Å². The Bertz CT molecular complexity index is 263. The molecule has 0 aromatic heterocycles. The first-order valence-electron chi connectivity index (χ1n) is 8.45. The Hall–Kier alpha value is -0.0800. The fraction of sp³-hybridized carbons (Fsp3) is 1.00. The quantitative estimate of drug-likeness (QED) is 0.813. The Morgan fingerprint density at radius 1 is 1.11 bits per heavy atom. The van der Waals surface area contributed by atoms with Crippen LogP contribution in [0.5, 0.6) is 0 Å². The van der Waals surface area contributed by atoms with Crippen molar-refractivity contribution in [1.29, 1.82) is 0 Å². The summed E-state index contributed by atoms with van der Waals surface area (Å²) in [4.78, 5) is 0. The summed E-state index contributed by atoms with van der Waals surface area (Å²) in [6.45, 7) is 11.9. The van der Waals surface area contributed by atoms with Crippen molar-refractivity contribution in [3.8, 4) is 0 Å². The fourth-order valence-electron chi connectivity index (χ4n) is 3.60. The molecule has 1 heterocycles. The third-order valence-electron chi connectivity index (χ3n) is 5.60. The van der Waals surface area contributed by atoms with Crippen molar-refractivity contribution in [3.05, 3.63) is 0 Å². The Labute approximate surface area is 120 Å². The molecule has 1 aliphatic carbocycles. The van der Waals surface area contributed by atoms with E-state index in [4.69, 9.17) is 0 Å². The molecule has 2 fully saturated rings. The van der Waals surface area contributed by atoms with Crippen LogP contribution in [0, 0.1) is 17.3 Å². The number of piperidine rings is 1. The van der Waals surface area contributed by atoms with Gasteiger partial charge >= 0.3 is 0 Å². The minimum atomic E-state index is 0.421. The SMILES string of the molecule is CC(CNC1CCCC1C1CCCCN1)C(C)(C)C. The molecule has 1 saturated heterocycles. The lowest BCUT2D eigenvalue weighted by atomic mass is 9.81. The molecule has 19 heavy (non-hydrogen) atoms. The highest BCUT2D eigenvalue weighted by molar-refractivity contribution is 4.92. The second kappa shape index (κ2) is 6.58. The van der Waals surface area contributed by atoms with Gasteiger partial charge < -0.3 is 10.6 Å². The largest absolute Gasteiger partial charge is 0.314 e. The highest BCUT2D eigenvalue weighted by Gasteiger charge is 2.34.